The Balaban J connectivity index is 1.64. The van der Waals surface area contributed by atoms with Crippen molar-refractivity contribution >= 4 is 34.2 Å². The summed E-state index contributed by atoms with van der Waals surface area (Å²) in [6, 6.07) is 24.0. The summed E-state index contributed by atoms with van der Waals surface area (Å²) in [6.07, 6.45) is 0. The Bertz CT molecular complexity index is 1180. The van der Waals surface area contributed by atoms with Gasteiger partial charge in [-0.3, -0.25) is 10.2 Å². The SMILES string of the molecule is N=c1cc(C(=O)Nc2ccc(-c3ccccc3)cc2)c2cc(Cl)ccc2o1. The maximum absolute atomic E-state index is 12.8. The van der Waals surface area contributed by atoms with Crippen molar-refractivity contribution in [1.82, 2.24) is 0 Å². The predicted octanol–water partition coefficient (Wildman–Crippen LogP) is 5.48. The van der Waals surface area contributed by atoms with Crippen molar-refractivity contribution in [2.75, 3.05) is 5.32 Å². The third-order valence-electron chi connectivity index (χ3n) is 4.22. The summed E-state index contributed by atoms with van der Waals surface area (Å²) in [6.45, 7) is 0. The molecule has 0 saturated heterocycles. The number of fused-ring (bicyclic) bond motifs is 1. The first-order valence-electron chi connectivity index (χ1n) is 8.35. The fraction of sp³-hybridized carbons (Fsp3) is 0. The molecule has 0 saturated carbocycles. The van der Waals surface area contributed by atoms with Gasteiger partial charge in [-0.05, 0) is 41.5 Å². The minimum Gasteiger partial charge on any atom is -0.439 e. The number of amides is 1. The largest absolute Gasteiger partial charge is 0.439 e. The molecule has 0 bridgehead atoms. The van der Waals surface area contributed by atoms with Crippen LogP contribution < -0.4 is 10.9 Å². The van der Waals surface area contributed by atoms with Gasteiger partial charge < -0.3 is 9.73 Å². The van der Waals surface area contributed by atoms with E-state index in [0.717, 1.165) is 11.1 Å². The molecule has 0 fully saturated rings. The Labute approximate surface area is 160 Å². The quantitative estimate of drug-likeness (QED) is 0.498. The first-order valence-corrected chi connectivity index (χ1v) is 8.73. The molecule has 4 nitrogen and oxygen atoms in total. The van der Waals surface area contributed by atoms with E-state index in [4.69, 9.17) is 21.4 Å². The molecule has 0 unspecified atom stereocenters. The summed E-state index contributed by atoms with van der Waals surface area (Å²) in [5, 5.41) is 11.7. The van der Waals surface area contributed by atoms with Crippen LogP contribution in [0.1, 0.15) is 10.4 Å². The lowest BCUT2D eigenvalue weighted by atomic mass is 10.1. The Kier molecular flexibility index (Phi) is 4.48. The van der Waals surface area contributed by atoms with Crippen LogP contribution in [0, 0.1) is 5.41 Å². The molecule has 1 heterocycles. The van der Waals surface area contributed by atoms with Crippen molar-refractivity contribution in [3.63, 3.8) is 0 Å². The molecule has 2 N–H and O–H groups in total. The minimum atomic E-state index is -0.320. The van der Waals surface area contributed by atoms with Crippen molar-refractivity contribution in [2.45, 2.75) is 0 Å². The molecule has 0 aliphatic heterocycles. The van der Waals surface area contributed by atoms with Gasteiger partial charge in [0.1, 0.15) is 5.58 Å². The fourth-order valence-electron chi connectivity index (χ4n) is 2.92. The Morgan fingerprint density at radius 3 is 2.33 bits per heavy atom. The van der Waals surface area contributed by atoms with Crippen LogP contribution in [0.2, 0.25) is 5.02 Å². The highest BCUT2D eigenvalue weighted by molar-refractivity contribution is 6.31. The van der Waals surface area contributed by atoms with E-state index in [1.165, 1.54) is 6.07 Å². The molecule has 0 radical (unpaired) electrons. The number of hydrogen-bond acceptors (Lipinski definition) is 3. The molecule has 4 aromatic rings. The molecule has 0 aliphatic carbocycles. The highest BCUT2D eigenvalue weighted by Gasteiger charge is 2.13. The van der Waals surface area contributed by atoms with Crippen LogP contribution in [-0.4, -0.2) is 5.91 Å². The average Bonchev–Trinajstić information content (AvgIpc) is 2.69. The highest BCUT2D eigenvalue weighted by atomic mass is 35.5. The summed E-state index contributed by atoms with van der Waals surface area (Å²) < 4.78 is 5.35. The zero-order chi connectivity index (χ0) is 18.8. The van der Waals surface area contributed by atoms with E-state index in [-0.39, 0.29) is 11.5 Å². The number of carbonyl (C=O) groups excluding carboxylic acids is 1. The number of benzene rings is 3. The summed E-state index contributed by atoms with van der Waals surface area (Å²) in [4.78, 5) is 12.8. The van der Waals surface area contributed by atoms with Crippen LogP contribution in [0.4, 0.5) is 5.69 Å². The normalized spacial score (nSPS) is 10.7. The van der Waals surface area contributed by atoms with Crippen molar-refractivity contribution in [1.29, 1.82) is 5.41 Å². The molecule has 27 heavy (non-hydrogen) atoms. The number of carbonyl (C=O) groups is 1. The first kappa shape index (κ1) is 17.1. The van der Waals surface area contributed by atoms with Gasteiger partial charge >= 0.3 is 0 Å². The topological polar surface area (TPSA) is 66.1 Å². The number of hydrogen-bond donors (Lipinski definition) is 2. The van der Waals surface area contributed by atoms with E-state index in [0.29, 0.717) is 27.2 Å². The predicted molar refractivity (Wildman–Crippen MR) is 107 cm³/mol. The Hall–Kier alpha value is -3.37. The summed E-state index contributed by atoms with van der Waals surface area (Å²) >= 11 is 6.05. The molecule has 4 rings (SSSR count). The zero-order valence-electron chi connectivity index (χ0n) is 14.2. The van der Waals surface area contributed by atoms with Crippen molar-refractivity contribution in [3.05, 3.63) is 95.0 Å². The van der Waals surface area contributed by atoms with Crippen molar-refractivity contribution in [3.8, 4) is 11.1 Å². The average molecular weight is 375 g/mol. The van der Waals surface area contributed by atoms with Crippen LogP contribution in [-0.2, 0) is 0 Å². The number of rotatable bonds is 3. The maximum atomic E-state index is 12.8. The molecule has 1 aromatic heterocycles. The highest BCUT2D eigenvalue weighted by Crippen LogP contribution is 2.24. The lowest BCUT2D eigenvalue weighted by Gasteiger charge is -2.09. The van der Waals surface area contributed by atoms with E-state index < -0.39 is 0 Å². The van der Waals surface area contributed by atoms with E-state index in [1.807, 2.05) is 54.6 Å². The van der Waals surface area contributed by atoms with Crippen LogP contribution in [0.25, 0.3) is 22.1 Å². The summed E-state index contributed by atoms with van der Waals surface area (Å²) in [7, 11) is 0. The third kappa shape index (κ3) is 3.61. The summed E-state index contributed by atoms with van der Waals surface area (Å²) in [5.74, 6) is -0.320. The van der Waals surface area contributed by atoms with Crippen LogP contribution >= 0.6 is 11.6 Å². The van der Waals surface area contributed by atoms with Gasteiger partial charge in [0, 0.05) is 22.2 Å². The Morgan fingerprint density at radius 2 is 1.59 bits per heavy atom. The molecule has 1 amide bonds. The maximum Gasteiger partial charge on any atom is 0.256 e. The smallest absolute Gasteiger partial charge is 0.256 e. The van der Waals surface area contributed by atoms with Gasteiger partial charge in [0.05, 0.1) is 5.56 Å². The fourth-order valence-corrected chi connectivity index (χ4v) is 3.09. The van der Waals surface area contributed by atoms with Crippen LogP contribution in [0.3, 0.4) is 0 Å². The van der Waals surface area contributed by atoms with Crippen LogP contribution in [0.15, 0.2) is 83.3 Å². The molecule has 3 aromatic carbocycles. The van der Waals surface area contributed by atoms with Crippen molar-refractivity contribution in [2.24, 2.45) is 0 Å². The number of anilines is 1. The lowest BCUT2D eigenvalue weighted by molar-refractivity contribution is 0.102. The van der Waals surface area contributed by atoms with E-state index >= 15 is 0 Å². The van der Waals surface area contributed by atoms with Gasteiger partial charge in [-0.25, -0.2) is 0 Å². The monoisotopic (exact) mass is 374 g/mol. The lowest BCUT2D eigenvalue weighted by Crippen LogP contribution is -2.15. The van der Waals surface area contributed by atoms with E-state index in [2.05, 4.69) is 5.32 Å². The molecule has 0 spiro atoms. The van der Waals surface area contributed by atoms with Gasteiger partial charge in [0.15, 0.2) is 0 Å². The van der Waals surface area contributed by atoms with E-state index in [1.54, 1.807) is 18.2 Å². The van der Waals surface area contributed by atoms with Crippen LogP contribution in [0.5, 0.6) is 0 Å². The number of halogens is 1. The minimum absolute atomic E-state index is 0.0885. The molecule has 5 heteroatoms. The van der Waals surface area contributed by atoms with Gasteiger partial charge in [-0.15, -0.1) is 0 Å². The first-order chi connectivity index (χ1) is 13.1. The standard InChI is InChI=1S/C22H15ClN2O2/c23-16-8-11-20-18(12-16)19(13-21(24)27-20)22(26)25-17-9-6-15(7-10-17)14-4-2-1-3-5-14/h1-13,24H,(H,25,26). The molecule has 132 valence electrons. The van der Waals surface area contributed by atoms with Gasteiger partial charge in [0.2, 0.25) is 5.55 Å². The summed E-state index contributed by atoms with van der Waals surface area (Å²) in [5.41, 5.74) is 3.54. The van der Waals surface area contributed by atoms with Gasteiger partial charge in [-0.1, -0.05) is 54.1 Å². The third-order valence-corrected chi connectivity index (χ3v) is 4.46. The molecular formula is C22H15ClN2O2. The molecule has 0 atom stereocenters. The van der Waals surface area contributed by atoms with Gasteiger partial charge in [-0.2, -0.15) is 0 Å². The second-order valence-corrected chi connectivity index (χ2v) is 6.50. The van der Waals surface area contributed by atoms with Crippen molar-refractivity contribution < 1.29 is 9.21 Å². The Morgan fingerprint density at radius 1 is 0.889 bits per heavy atom. The second-order valence-electron chi connectivity index (χ2n) is 6.06. The zero-order valence-corrected chi connectivity index (χ0v) is 15.0. The molecule has 0 aliphatic rings. The second kappa shape index (κ2) is 7.09. The molecular weight excluding hydrogens is 360 g/mol. The van der Waals surface area contributed by atoms with E-state index in [9.17, 15) is 4.79 Å². The van der Waals surface area contributed by atoms with Gasteiger partial charge in [0.25, 0.3) is 5.91 Å². The number of nitrogens with one attached hydrogen (secondary N) is 2.